The first kappa shape index (κ1) is 29.8. The number of carbonyl (C=O) groups is 3. The molecule has 3 atom stereocenters. The monoisotopic (exact) mass is 604 g/mol. The molecule has 3 aromatic carbocycles. The predicted octanol–water partition coefficient (Wildman–Crippen LogP) is 4.07. The molecule has 2 saturated heterocycles. The van der Waals surface area contributed by atoms with E-state index >= 15 is 0 Å². The molecular formula is C35H36N6O4. The maximum atomic E-state index is 14.5. The lowest BCUT2D eigenvalue weighted by Gasteiger charge is -2.57. The fourth-order valence-electron chi connectivity index (χ4n) is 6.36. The van der Waals surface area contributed by atoms with Crippen molar-refractivity contribution in [1.82, 2.24) is 30.1 Å². The molecule has 0 bridgehead atoms. The number of hydrazine groups is 1. The standard InChI is InChI=1S/C35H36N6O4/c1-3-19-38-23-31(43)40-30(20-25-14-16-29(42)17-15-25)34(44)39(22-28-12-7-11-27-13-8-18-36-32(27)28)24(2)33(40)41(38)35(45)37-21-26-9-5-4-6-10-26/h3-18,24,30,33,42H,1,19-23H2,2H3,(H,37,45)/t24-,30-,33?/m0/s1. The number of urea groups is 1. The van der Waals surface area contributed by atoms with Crippen LogP contribution < -0.4 is 5.32 Å². The van der Waals surface area contributed by atoms with E-state index in [-0.39, 0.29) is 49.7 Å². The summed E-state index contributed by atoms with van der Waals surface area (Å²) in [4.78, 5) is 50.4. The van der Waals surface area contributed by atoms with Gasteiger partial charge in [-0.2, -0.15) is 0 Å². The number of amides is 4. The molecule has 1 aromatic heterocycles. The molecule has 0 aliphatic carbocycles. The molecule has 45 heavy (non-hydrogen) atoms. The Morgan fingerprint density at radius 2 is 1.76 bits per heavy atom. The Kier molecular flexibility index (Phi) is 8.48. The minimum atomic E-state index is -0.874. The fourth-order valence-corrected chi connectivity index (χ4v) is 6.36. The van der Waals surface area contributed by atoms with E-state index in [2.05, 4.69) is 16.9 Å². The fraction of sp³-hybridized carbons (Fsp3) is 0.257. The second-order valence-electron chi connectivity index (χ2n) is 11.4. The summed E-state index contributed by atoms with van der Waals surface area (Å²) in [5.41, 5.74) is 3.39. The minimum Gasteiger partial charge on any atom is -0.508 e. The summed E-state index contributed by atoms with van der Waals surface area (Å²) in [6, 6.07) is 24.2. The number of nitrogens with one attached hydrogen (secondary N) is 1. The molecule has 4 amide bonds. The Labute approximate surface area is 262 Å². The summed E-state index contributed by atoms with van der Waals surface area (Å²) in [7, 11) is 0. The number of para-hydroxylation sites is 1. The van der Waals surface area contributed by atoms with Crippen molar-refractivity contribution in [2.75, 3.05) is 13.1 Å². The zero-order valence-corrected chi connectivity index (χ0v) is 25.1. The van der Waals surface area contributed by atoms with Crippen molar-refractivity contribution < 1.29 is 19.5 Å². The van der Waals surface area contributed by atoms with Crippen LogP contribution in [0.3, 0.4) is 0 Å². The molecule has 6 rings (SSSR count). The van der Waals surface area contributed by atoms with Crippen LogP contribution in [-0.4, -0.2) is 79.1 Å². The van der Waals surface area contributed by atoms with Gasteiger partial charge in [0.1, 0.15) is 18.0 Å². The van der Waals surface area contributed by atoms with E-state index in [4.69, 9.17) is 0 Å². The first-order valence-electron chi connectivity index (χ1n) is 15.0. The number of phenolic OH excluding ortho intramolecular Hbond substituents is 1. The van der Waals surface area contributed by atoms with Crippen molar-refractivity contribution in [2.45, 2.75) is 44.7 Å². The normalized spacial score (nSPS) is 20.3. The number of carbonyl (C=O) groups excluding carboxylic acids is 3. The SMILES string of the molecule is C=CCN1CC(=O)N2C([C@H](C)N(Cc3cccc4cccnc34)C(=O)[C@@H]2Cc2ccc(O)cc2)N1C(=O)NCc1ccccc1. The van der Waals surface area contributed by atoms with Crippen LogP contribution in [0.5, 0.6) is 5.75 Å². The maximum absolute atomic E-state index is 14.5. The number of piperazine rings is 1. The van der Waals surface area contributed by atoms with Crippen LogP contribution in [0.25, 0.3) is 10.9 Å². The highest BCUT2D eigenvalue weighted by atomic mass is 16.3. The van der Waals surface area contributed by atoms with Crippen molar-refractivity contribution in [3.05, 3.63) is 120 Å². The van der Waals surface area contributed by atoms with Crippen LogP contribution in [0.2, 0.25) is 0 Å². The highest BCUT2D eigenvalue weighted by Gasteiger charge is 2.54. The van der Waals surface area contributed by atoms with E-state index < -0.39 is 18.2 Å². The van der Waals surface area contributed by atoms with Gasteiger partial charge in [-0.05, 0) is 41.8 Å². The van der Waals surface area contributed by atoms with Gasteiger partial charge in [0, 0.05) is 37.6 Å². The van der Waals surface area contributed by atoms with E-state index in [1.54, 1.807) is 56.4 Å². The van der Waals surface area contributed by atoms with Crippen LogP contribution in [0.15, 0.2) is 104 Å². The summed E-state index contributed by atoms with van der Waals surface area (Å²) in [6.07, 6.45) is 2.82. The van der Waals surface area contributed by atoms with Crippen LogP contribution in [0.4, 0.5) is 4.79 Å². The third-order valence-electron chi connectivity index (χ3n) is 8.53. The quantitative estimate of drug-likeness (QED) is 0.294. The maximum Gasteiger partial charge on any atom is 0.334 e. The number of fused-ring (bicyclic) bond motifs is 2. The summed E-state index contributed by atoms with van der Waals surface area (Å²) >= 11 is 0. The summed E-state index contributed by atoms with van der Waals surface area (Å²) in [5, 5.41) is 17.1. The molecular weight excluding hydrogens is 568 g/mol. The molecule has 0 spiro atoms. The Hall–Kier alpha value is -5.22. The third kappa shape index (κ3) is 5.97. The van der Waals surface area contributed by atoms with E-state index in [9.17, 15) is 19.5 Å². The number of rotatable bonds is 8. The zero-order valence-electron chi connectivity index (χ0n) is 25.1. The van der Waals surface area contributed by atoms with Crippen LogP contribution in [-0.2, 0) is 29.1 Å². The average molecular weight is 605 g/mol. The van der Waals surface area contributed by atoms with Crippen LogP contribution in [0.1, 0.15) is 23.6 Å². The van der Waals surface area contributed by atoms with Crippen molar-refractivity contribution >= 4 is 28.7 Å². The smallest absolute Gasteiger partial charge is 0.334 e. The van der Waals surface area contributed by atoms with Gasteiger partial charge in [0.15, 0.2) is 0 Å². The van der Waals surface area contributed by atoms with Gasteiger partial charge in [0.25, 0.3) is 0 Å². The van der Waals surface area contributed by atoms with Gasteiger partial charge >= 0.3 is 6.03 Å². The number of pyridine rings is 1. The molecule has 2 aliphatic rings. The Bertz CT molecular complexity index is 1710. The van der Waals surface area contributed by atoms with Gasteiger partial charge in [-0.1, -0.05) is 72.8 Å². The first-order valence-corrected chi connectivity index (χ1v) is 15.0. The average Bonchev–Trinajstić information content (AvgIpc) is 3.05. The number of hydrogen-bond donors (Lipinski definition) is 2. The Balaban J connectivity index is 1.40. The number of hydrogen-bond acceptors (Lipinski definition) is 6. The highest BCUT2D eigenvalue weighted by molar-refractivity contribution is 5.92. The van der Waals surface area contributed by atoms with E-state index in [0.717, 1.165) is 27.6 Å². The predicted molar refractivity (Wildman–Crippen MR) is 170 cm³/mol. The second-order valence-corrected chi connectivity index (χ2v) is 11.4. The summed E-state index contributed by atoms with van der Waals surface area (Å²) in [6.45, 7) is 6.48. The summed E-state index contributed by atoms with van der Waals surface area (Å²) < 4.78 is 0. The highest BCUT2D eigenvalue weighted by Crippen LogP contribution is 2.34. The number of nitrogens with zero attached hydrogens (tertiary/aromatic N) is 5. The van der Waals surface area contributed by atoms with E-state index in [0.29, 0.717) is 6.54 Å². The van der Waals surface area contributed by atoms with Crippen molar-refractivity contribution in [3.63, 3.8) is 0 Å². The molecule has 3 heterocycles. The zero-order chi connectivity index (χ0) is 31.5. The molecule has 1 unspecified atom stereocenters. The van der Waals surface area contributed by atoms with Crippen LogP contribution >= 0.6 is 0 Å². The van der Waals surface area contributed by atoms with Crippen molar-refractivity contribution in [1.29, 1.82) is 0 Å². The molecule has 4 aromatic rings. The topological polar surface area (TPSA) is 109 Å². The molecule has 2 fully saturated rings. The largest absolute Gasteiger partial charge is 0.508 e. The molecule has 2 aliphatic heterocycles. The molecule has 10 heteroatoms. The molecule has 230 valence electrons. The van der Waals surface area contributed by atoms with Gasteiger partial charge in [-0.25, -0.2) is 14.8 Å². The number of aromatic nitrogens is 1. The molecule has 2 N–H and O–H groups in total. The van der Waals surface area contributed by atoms with Crippen LogP contribution in [0, 0.1) is 0 Å². The number of benzene rings is 3. The second kappa shape index (κ2) is 12.8. The lowest BCUT2D eigenvalue weighted by Crippen LogP contribution is -2.79. The number of aromatic hydroxyl groups is 1. The van der Waals surface area contributed by atoms with Gasteiger partial charge in [0.2, 0.25) is 11.8 Å². The molecule has 10 nitrogen and oxygen atoms in total. The third-order valence-corrected chi connectivity index (χ3v) is 8.53. The Morgan fingerprint density at radius 1 is 1.00 bits per heavy atom. The first-order chi connectivity index (χ1) is 21.9. The van der Waals surface area contributed by atoms with Gasteiger partial charge < -0.3 is 20.2 Å². The molecule has 0 saturated carbocycles. The van der Waals surface area contributed by atoms with Gasteiger partial charge in [-0.15, -0.1) is 6.58 Å². The minimum absolute atomic E-state index is 0.0827. The van der Waals surface area contributed by atoms with Crippen molar-refractivity contribution in [3.8, 4) is 5.75 Å². The summed E-state index contributed by atoms with van der Waals surface area (Å²) in [5.74, 6) is -0.347. The van der Waals surface area contributed by atoms with Crippen molar-refractivity contribution in [2.24, 2.45) is 0 Å². The van der Waals surface area contributed by atoms with E-state index in [1.165, 1.54) is 0 Å². The number of phenols is 1. The van der Waals surface area contributed by atoms with Gasteiger partial charge in [-0.3, -0.25) is 14.6 Å². The van der Waals surface area contributed by atoms with Gasteiger partial charge in [0.05, 0.1) is 18.1 Å². The van der Waals surface area contributed by atoms with E-state index in [1.807, 2.05) is 67.6 Å². The Morgan fingerprint density at radius 3 is 2.51 bits per heavy atom. The lowest BCUT2D eigenvalue weighted by molar-refractivity contribution is -0.198. The lowest BCUT2D eigenvalue weighted by atomic mass is 9.94. The molecule has 0 radical (unpaired) electrons.